The Bertz CT molecular complexity index is 837. The molecule has 0 aliphatic heterocycles. The van der Waals surface area contributed by atoms with Crippen molar-refractivity contribution >= 4 is 21.6 Å². The molecule has 0 radical (unpaired) electrons. The van der Waals surface area contributed by atoms with Crippen LogP contribution in [-0.4, -0.2) is 24.0 Å². The fourth-order valence-electron chi connectivity index (χ4n) is 2.69. The summed E-state index contributed by atoms with van der Waals surface area (Å²) in [5, 5.41) is 0.984. The van der Waals surface area contributed by atoms with E-state index in [2.05, 4.69) is 41.9 Å². The van der Waals surface area contributed by atoms with Gasteiger partial charge >= 0.3 is 0 Å². The highest BCUT2D eigenvalue weighted by molar-refractivity contribution is 7.18. The van der Waals surface area contributed by atoms with Crippen LogP contribution in [0.4, 0.5) is 4.39 Å². The van der Waals surface area contributed by atoms with Crippen LogP contribution in [0.1, 0.15) is 30.3 Å². The molecule has 0 amide bonds. The van der Waals surface area contributed by atoms with Crippen molar-refractivity contribution < 1.29 is 4.39 Å². The fourth-order valence-corrected chi connectivity index (χ4v) is 3.71. The first-order chi connectivity index (χ1) is 11.0. The monoisotopic (exact) mass is 328 g/mol. The third-order valence-corrected chi connectivity index (χ3v) is 5.08. The van der Waals surface area contributed by atoms with Gasteiger partial charge in [-0.05, 0) is 42.9 Å². The maximum Gasteiger partial charge on any atom is 0.150 e. The van der Waals surface area contributed by atoms with E-state index in [9.17, 15) is 4.39 Å². The molecule has 0 saturated heterocycles. The normalized spacial score (nSPS) is 11.8. The van der Waals surface area contributed by atoms with Crippen molar-refractivity contribution in [1.29, 1.82) is 0 Å². The highest BCUT2D eigenvalue weighted by atomic mass is 32.1. The van der Waals surface area contributed by atoms with Crippen molar-refractivity contribution in [2.24, 2.45) is 0 Å². The van der Waals surface area contributed by atoms with E-state index >= 15 is 0 Å². The van der Waals surface area contributed by atoms with Gasteiger partial charge in [0.1, 0.15) is 5.52 Å². The molecule has 1 aromatic heterocycles. The van der Waals surface area contributed by atoms with Crippen molar-refractivity contribution in [1.82, 2.24) is 9.88 Å². The Morgan fingerprint density at radius 3 is 2.61 bits per heavy atom. The van der Waals surface area contributed by atoms with Gasteiger partial charge in [-0.3, -0.25) is 0 Å². The molecule has 2 nitrogen and oxygen atoms in total. The number of rotatable bonds is 4. The summed E-state index contributed by atoms with van der Waals surface area (Å²) in [4.78, 5) is 6.57. The molecule has 0 N–H and O–H groups in total. The van der Waals surface area contributed by atoms with Gasteiger partial charge in [-0.15, -0.1) is 11.3 Å². The molecular formula is C19H21FN2S. The third kappa shape index (κ3) is 3.28. The lowest BCUT2D eigenvalue weighted by Crippen LogP contribution is -2.11. The average Bonchev–Trinajstić information content (AvgIpc) is 2.92. The smallest absolute Gasteiger partial charge is 0.150 e. The molecule has 120 valence electrons. The van der Waals surface area contributed by atoms with E-state index in [4.69, 9.17) is 0 Å². The SMILES string of the molecule is CC(C)c1nc2c(F)cc(-c3ccccc3CN(C)C)cc2s1. The molecule has 0 unspecified atom stereocenters. The van der Waals surface area contributed by atoms with Crippen molar-refractivity contribution in [2.75, 3.05) is 14.1 Å². The van der Waals surface area contributed by atoms with Crippen LogP contribution in [0.2, 0.25) is 0 Å². The van der Waals surface area contributed by atoms with Crippen LogP contribution in [0.25, 0.3) is 21.3 Å². The second-order valence-corrected chi connectivity index (χ2v) is 7.47. The molecule has 1 heterocycles. The van der Waals surface area contributed by atoms with Crippen LogP contribution in [-0.2, 0) is 6.54 Å². The van der Waals surface area contributed by atoms with Crippen molar-refractivity contribution in [3.05, 3.63) is 52.8 Å². The zero-order chi connectivity index (χ0) is 16.6. The summed E-state index contributed by atoms with van der Waals surface area (Å²) >= 11 is 1.59. The van der Waals surface area contributed by atoms with E-state index in [1.165, 1.54) is 5.56 Å². The molecule has 0 spiro atoms. The molecule has 3 aromatic rings. The zero-order valence-electron chi connectivity index (χ0n) is 13.9. The summed E-state index contributed by atoms with van der Waals surface area (Å²) in [6.45, 7) is 5.00. The lowest BCUT2D eigenvalue weighted by atomic mass is 9.99. The summed E-state index contributed by atoms with van der Waals surface area (Å²) in [6, 6.07) is 11.9. The van der Waals surface area contributed by atoms with Gasteiger partial charge in [0, 0.05) is 12.5 Å². The molecule has 0 fully saturated rings. The van der Waals surface area contributed by atoms with Gasteiger partial charge in [0.15, 0.2) is 5.82 Å². The molecular weight excluding hydrogens is 307 g/mol. The topological polar surface area (TPSA) is 16.1 Å². The quantitative estimate of drug-likeness (QED) is 0.647. The van der Waals surface area contributed by atoms with Gasteiger partial charge < -0.3 is 4.90 Å². The molecule has 0 saturated carbocycles. The minimum absolute atomic E-state index is 0.236. The maximum absolute atomic E-state index is 14.5. The Labute approximate surface area is 140 Å². The lowest BCUT2D eigenvalue weighted by molar-refractivity contribution is 0.403. The molecule has 0 aliphatic rings. The highest BCUT2D eigenvalue weighted by Crippen LogP contribution is 2.34. The third-order valence-electron chi connectivity index (χ3n) is 3.77. The van der Waals surface area contributed by atoms with Crippen molar-refractivity contribution in [2.45, 2.75) is 26.3 Å². The maximum atomic E-state index is 14.5. The second-order valence-electron chi connectivity index (χ2n) is 6.41. The predicted molar refractivity (Wildman–Crippen MR) is 96.5 cm³/mol. The minimum atomic E-state index is -0.236. The number of nitrogens with zero attached hydrogens (tertiary/aromatic N) is 2. The van der Waals surface area contributed by atoms with Crippen LogP contribution in [0.3, 0.4) is 0 Å². The summed E-state index contributed by atoms with van der Waals surface area (Å²) in [6.07, 6.45) is 0. The van der Waals surface area contributed by atoms with E-state index in [0.717, 1.165) is 27.4 Å². The molecule has 2 aromatic carbocycles. The number of hydrogen-bond donors (Lipinski definition) is 0. The van der Waals surface area contributed by atoms with E-state index in [1.807, 2.05) is 26.2 Å². The van der Waals surface area contributed by atoms with E-state index in [-0.39, 0.29) is 5.82 Å². The standard InChI is InChI=1S/C19H21FN2S/c1-12(2)19-21-18-16(20)9-14(10-17(18)23-19)15-8-6-5-7-13(15)11-22(3)4/h5-10,12H,11H2,1-4H3. The second kappa shape index (κ2) is 6.38. The van der Waals surface area contributed by atoms with Crippen LogP contribution in [0.5, 0.6) is 0 Å². The van der Waals surface area contributed by atoms with Gasteiger partial charge in [0.05, 0.1) is 9.71 Å². The Morgan fingerprint density at radius 1 is 1.17 bits per heavy atom. The number of thiazole rings is 1. The van der Waals surface area contributed by atoms with Crippen LogP contribution in [0, 0.1) is 5.82 Å². The Kier molecular flexibility index (Phi) is 4.46. The first-order valence-corrected chi connectivity index (χ1v) is 8.60. The molecule has 3 rings (SSSR count). The Balaban J connectivity index is 2.14. The van der Waals surface area contributed by atoms with Gasteiger partial charge in [-0.25, -0.2) is 9.37 Å². The summed E-state index contributed by atoms with van der Waals surface area (Å²) in [7, 11) is 4.08. The Hall–Kier alpha value is -1.78. The fraction of sp³-hybridized carbons (Fsp3) is 0.316. The average molecular weight is 328 g/mol. The molecule has 0 aliphatic carbocycles. The molecule has 23 heavy (non-hydrogen) atoms. The number of hydrogen-bond acceptors (Lipinski definition) is 3. The number of benzene rings is 2. The number of halogens is 1. The predicted octanol–water partition coefficient (Wildman–Crippen LogP) is 5.29. The van der Waals surface area contributed by atoms with Crippen LogP contribution < -0.4 is 0 Å². The number of aromatic nitrogens is 1. The summed E-state index contributed by atoms with van der Waals surface area (Å²) < 4.78 is 15.5. The van der Waals surface area contributed by atoms with Crippen LogP contribution >= 0.6 is 11.3 Å². The molecule has 0 atom stereocenters. The van der Waals surface area contributed by atoms with E-state index in [0.29, 0.717) is 11.4 Å². The molecule has 0 bridgehead atoms. The van der Waals surface area contributed by atoms with Gasteiger partial charge in [0.2, 0.25) is 0 Å². The number of fused-ring (bicyclic) bond motifs is 1. The zero-order valence-corrected chi connectivity index (χ0v) is 14.7. The van der Waals surface area contributed by atoms with Crippen molar-refractivity contribution in [3.63, 3.8) is 0 Å². The summed E-state index contributed by atoms with van der Waals surface area (Å²) in [5.41, 5.74) is 3.70. The van der Waals surface area contributed by atoms with Gasteiger partial charge in [-0.1, -0.05) is 38.1 Å². The van der Waals surface area contributed by atoms with E-state index < -0.39 is 0 Å². The summed E-state index contributed by atoms with van der Waals surface area (Å²) in [5.74, 6) is 0.0802. The first kappa shape index (κ1) is 16.1. The van der Waals surface area contributed by atoms with Gasteiger partial charge in [0.25, 0.3) is 0 Å². The Morgan fingerprint density at radius 2 is 1.91 bits per heavy atom. The van der Waals surface area contributed by atoms with Crippen LogP contribution in [0.15, 0.2) is 36.4 Å². The van der Waals surface area contributed by atoms with Crippen molar-refractivity contribution in [3.8, 4) is 11.1 Å². The highest BCUT2D eigenvalue weighted by Gasteiger charge is 2.14. The first-order valence-electron chi connectivity index (χ1n) is 7.78. The van der Waals surface area contributed by atoms with Gasteiger partial charge in [-0.2, -0.15) is 0 Å². The molecule has 4 heteroatoms. The largest absolute Gasteiger partial charge is 0.305 e. The minimum Gasteiger partial charge on any atom is -0.305 e. The van der Waals surface area contributed by atoms with E-state index in [1.54, 1.807) is 17.4 Å². The lowest BCUT2D eigenvalue weighted by Gasteiger charge is -2.14.